The first-order valence-electron chi connectivity index (χ1n) is 10.9. The quantitative estimate of drug-likeness (QED) is 0.349. The van der Waals surface area contributed by atoms with Crippen molar-refractivity contribution in [2.24, 2.45) is 0 Å². The van der Waals surface area contributed by atoms with Gasteiger partial charge in [0, 0.05) is 29.7 Å². The van der Waals surface area contributed by atoms with Gasteiger partial charge in [0.05, 0.1) is 25.6 Å². The molecule has 7 heteroatoms. The van der Waals surface area contributed by atoms with Crippen molar-refractivity contribution in [3.63, 3.8) is 0 Å². The maximum absolute atomic E-state index is 12.6. The molecule has 4 rings (SSSR count). The van der Waals surface area contributed by atoms with Crippen molar-refractivity contribution in [2.45, 2.75) is 19.4 Å². The van der Waals surface area contributed by atoms with E-state index < -0.39 is 0 Å². The van der Waals surface area contributed by atoms with Crippen molar-refractivity contribution in [3.8, 4) is 28.4 Å². The van der Waals surface area contributed by atoms with Gasteiger partial charge in [-0.3, -0.25) is 4.79 Å². The van der Waals surface area contributed by atoms with Crippen LogP contribution in [-0.2, 0) is 17.8 Å². The summed E-state index contributed by atoms with van der Waals surface area (Å²) >= 11 is 6.04. The van der Waals surface area contributed by atoms with E-state index in [1.807, 2.05) is 83.7 Å². The minimum Gasteiger partial charge on any atom is -0.497 e. The third kappa shape index (κ3) is 5.58. The highest BCUT2D eigenvalue weighted by molar-refractivity contribution is 6.30. The number of hydrogen-bond donors (Lipinski definition) is 1. The fourth-order valence-electron chi connectivity index (χ4n) is 3.72. The number of rotatable bonds is 9. The van der Waals surface area contributed by atoms with Crippen LogP contribution in [0, 0.1) is 0 Å². The number of ether oxygens (including phenoxy) is 2. The average molecular weight is 476 g/mol. The monoisotopic (exact) mass is 475 g/mol. The van der Waals surface area contributed by atoms with Gasteiger partial charge in [0.2, 0.25) is 5.91 Å². The number of halogens is 1. The van der Waals surface area contributed by atoms with Gasteiger partial charge in [0.25, 0.3) is 0 Å². The van der Waals surface area contributed by atoms with E-state index in [0.29, 0.717) is 35.9 Å². The van der Waals surface area contributed by atoms with Gasteiger partial charge in [0.15, 0.2) is 0 Å². The lowest BCUT2D eigenvalue weighted by atomic mass is 10.0. The van der Waals surface area contributed by atoms with Crippen LogP contribution < -0.4 is 14.8 Å². The van der Waals surface area contributed by atoms with E-state index in [0.717, 1.165) is 28.1 Å². The molecule has 0 aliphatic rings. The average Bonchev–Trinajstić information content (AvgIpc) is 3.30. The molecule has 3 aromatic carbocycles. The summed E-state index contributed by atoms with van der Waals surface area (Å²) in [7, 11) is 3.25. The van der Waals surface area contributed by atoms with Crippen molar-refractivity contribution in [2.75, 3.05) is 14.2 Å². The number of carbonyl (C=O) groups excluding carboxylic acids is 1. The Bertz CT molecular complexity index is 1270. The molecule has 6 nitrogen and oxygen atoms in total. The fourth-order valence-corrected chi connectivity index (χ4v) is 3.93. The van der Waals surface area contributed by atoms with Crippen LogP contribution in [0.15, 0.2) is 79.0 Å². The topological polar surface area (TPSA) is 65.4 Å². The zero-order chi connectivity index (χ0) is 23.9. The van der Waals surface area contributed by atoms with Crippen molar-refractivity contribution in [1.82, 2.24) is 15.1 Å². The van der Waals surface area contributed by atoms with Crippen LogP contribution in [0.3, 0.4) is 0 Å². The summed E-state index contributed by atoms with van der Waals surface area (Å²) < 4.78 is 12.8. The standard InChI is InChI=1S/C27H26ClN3O3/c1-33-23-12-13-25(34-2)24(16-23)27-20(18-31(30-27)22-9-4-3-5-10-22)11-14-26(32)29-17-19-7-6-8-21(28)15-19/h3-10,12-13,15-16,18H,11,14,17H2,1-2H3,(H,29,32). The van der Waals surface area contributed by atoms with Crippen molar-refractivity contribution in [3.05, 3.63) is 95.1 Å². The highest BCUT2D eigenvalue weighted by Crippen LogP contribution is 2.35. The smallest absolute Gasteiger partial charge is 0.220 e. The molecule has 1 aromatic heterocycles. The maximum atomic E-state index is 12.6. The highest BCUT2D eigenvalue weighted by Gasteiger charge is 2.18. The van der Waals surface area contributed by atoms with Crippen LogP contribution in [0.25, 0.3) is 16.9 Å². The molecule has 1 heterocycles. The molecular weight excluding hydrogens is 450 g/mol. The molecule has 0 saturated heterocycles. The third-order valence-electron chi connectivity index (χ3n) is 5.47. The fraction of sp³-hybridized carbons (Fsp3) is 0.185. The summed E-state index contributed by atoms with van der Waals surface area (Å²) in [6.07, 6.45) is 2.80. The summed E-state index contributed by atoms with van der Waals surface area (Å²) in [4.78, 5) is 12.6. The molecule has 0 aliphatic carbocycles. The minimum absolute atomic E-state index is 0.0454. The molecular formula is C27H26ClN3O3. The number of nitrogens with zero attached hydrogens (tertiary/aromatic N) is 2. The molecule has 0 radical (unpaired) electrons. The van der Waals surface area contributed by atoms with Crippen LogP contribution in [0.2, 0.25) is 5.02 Å². The lowest BCUT2D eigenvalue weighted by Gasteiger charge is -2.10. The molecule has 0 bridgehead atoms. The summed E-state index contributed by atoms with van der Waals surface area (Å²) in [6.45, 7) is 0.430. The van der Waals surface area contributed by atoms with Gasteiger partial charge in [-0.15, -0.1) is 0 Å². The summed E-state index contributed by atoms with van der Waals surface area (Å²) in [6, 6.07) is 22.9. The number of amides is 1. The number of benzene rings is 3. The van der Waals surface area contributed by atoms with Gasteiger partial charge in [-0.25, -0.2) is 4.68 Å². The number of carbonyl (C=O) groups is 1. The van der Waals surface area contributed by atoms with Crippen LogP contribution in [0.4, 0.5) is 0 Å². The molecule has 1 amide bonds. The molecule has 174 valence electrons. The molecule has 1 N–H and O–H groups in total. The zero-order valence-electron chi connectivity index (χ0n) is 19.1. The summed E-state index contributed by atoms with van der Waals surface area (Å²) in [5, 5.41) is 8.47. The van der Waals surface area contributed by atoms with Crippen LogP contribution in [0.5, 0.6) is 11.5 Å². The second-order valence-electron chi connectivity index (χ2n) is 7.76. The predicted octanol–water partition coefficient (Wildman–Crippen LogP) is 5.46. The molecule has 0 spiro atoms. The normalized spacial score (nSPS) is 10.7. The maximum Gasteiger partial charge on any atom is 0.220 e. The number of nitrogens with one attached hydrogen (secondary N) is 1. The molecule has 0 fully saturated rings. The Hall–Kier alpha value is -3.77. The number of hydrogen-bond acceptors (Lipinski definition) is 4. The minimum atomic E-state index is -0.0454. The molecule has 0 atom stereocenters. The van der Waals surface area contributed by atoms with Crippen LogP contribution in [0.1, 0.15) is 17.5 Å². The number of aromatic nitrogens is 2. The Morgan fingerprint density at radius 2 is 1.82 bits per heavy atom. The largest absolute Gasteiger partial charge is 0.497 e. The van der Waals surface area contributed by atoms with Gasteiger partial charge < -0.3 is 14.8 Å². The first kappa shape index (κ1) is 23.4. The van der Waals surface area contributed by atoms with Crippen molar-refractivity contribution < 1.29 is 14.3 Å². The van der Waals surface area contributed by atoms with Crippen LogP contribution in [-0.4, -0.2) is 29.9 Å². The molecule has 0 aliphatic heterocycles. The van der Waals surface area contributed by atoms with E-state index in [4.69, 9.17) is 26.2 Å². The Labute approximate surface area is 204 Å². The first-order valence-corrected chi connectivity index (χ1v) is 11.3. The molecule has 4 aromatic rings. The Morgan fingerprint density at radius 3 is 2.56 bits per heavy atom. The number of methoxy groups -OCH3 is 2. The van der Waals surface area contributed by atoms with E-state index in [1.165, 1.54) is 0 Å². The van der Waals surface area contributed by atoms with E-state index in [9.17, 15) is 4.79 Å². The van der Waals surface area contributed by atoms with Gasteiger partial charge >= 0.3 is 0 Å². The Morgan fingerprint density at radius 1 is 1.00 bits per heavy atom. The lowest BCUT2D eigenvalue weighted by molar-refractivity contribution is -0.121. The van der Waals surface area contributed by atoms with E-state index in [2.05, 4.69) is 5.32 Å². The van der Waals surface area contributed by atoms with E-state index in [-0.39, 0.29) is 5.91 Å². The van der Waals surface area contributed by atoms with Crippen molar-refractivity contribution in [1.29, 1.82) is 0 Å². The van der Waals surface area contributed by atoms with Gasteiger partial charge in [-0.1, -0.05) is 41.9 Å². The molecule has 34 heavy (non-hydrogen) atoms. The van der Waals surface area contributed by atoms with Gasteiger partial charge in [0.1, 0.15) is 11.5 Å². The third-order valence-corrected chi connectivity index (χ3v) is 5.71. The Kier molecular flexibility index (Phi) is 7.50. The van der Waals surface area contributed by atoms with Crippen molar-refractivity contribution >= 4 is 17.5 Å². The summed E-state index contributed by atoms with van der Waals surface area (Å²) in [5.41, 5.74) is 4.39. The second kappa shape index (κ2) is 10.9. The number of aryl methyl sites for hydroxylation is 1. The van der Waals surface area contributed by atoms with Gasteiger partial charge in [-0.05, 0) is 60.0 Å². The zero-order valence-corrected chi connectivity index (χ0v) is 19.9. The predicted molar refractivity (Wildman–Crippen MR) is 134 cm³/mol. The van der Waals surface area contributed by atoms with Crippen LogP contribution >= 0.6 is 11.6 Å². The molecule has 0 saturated carbocycles. The van der Waals surface area contributed by atoms with E-state index in [1.54, 1.807) is 14.2 Å². The summed E-state index contributed by atoms with van der Waals surface area (Å²) in [5.74, 6) is 1.34. The van der Waals surface area contributed by atoms with Gasteiger partial charge in [-0.2, -0.15) is 5.10 Å². The Balaban J connectivity index is 1.58. The first-order chi connectivity index (χ1) is 16.6. The van der Waals surface area contributed by atoms with E-state index >= 15 is 0 Å². The number of para-hydroxylation sites is 1. The lowest BCUT2D eigenvalue weighted by Crippen LogP contribution is -2.23. The molecule has 0 unspecified atom stereocenters. The highest BCUT2D eigenvalue weighted by atomic mass is 35.5. The second-order valence-corrected chi connectivity index (χ2v) is 8.19. The SMILES string of the molecule is COc1ccc(OC)c(-c2nn(-c3ccccc3)cc2CCC(=O)NCc2cccc(Cl)c2)c1.